The molecule has 17 heavy (non-hydrogen) atoms. The summed E-state index contributed by atoms with van der Waals surface area (Å²) in [5, 5.41) is 10.3. The van der Waals surface area contributed by atoms with Crippen molar-refractivity contribution in [3.63, 3.8) is 0 Å². The Balaban J connectivity index is 2.02. The average Bonchev–Trinajstić information content (AvgIpc) is 2.66. The van der Waals surface area contributed by atoms with E-state index in [1.165, 1.54) is 0 Å². The van der Waals surface area contributed by atoms with Crippen LogP contribution >= 0.6 is 0 Å². The van der Waals surface area contributed by atoms with Gasteiger partial charge in [0, 0.05) is 32.2 Å². The Hall–Kier alpha value is -1.56. The maximum atomic E-state index is 11.9. The third kappa shape index (κ3) is 2.41. The highest BCUT2D eigenvalue weighted by atomic mass is 16.2. The van der Waals surface area contributed by atoms with Crippen molar-refractivity contribution in [2.45, 2.75) is 19.9 Å². The van der Waals surface area contributed by atoms with Gasteiger partial charge in [-0.3, -0.25) is 5.32 Å². The molecular weight excluding hydrogens is 218 g/mol. The molecule has 1 aromatic rings. The van der Waals surface area contributed by atoms with Crippen LogP contribution in [0.15, 0.2) is 12.3 Å². The summed E-state index contributed by atoms with van der Waals surface area (Å²) in [5.41, 5.74) is 0. The lowest BCUT2D eigenvalue weighted by Crippen LogP contribution is -2.44. The van der Waals surface area contributed by atoms with Crippen LogP contribution in [0, 0.1) is 0 Å². The monoisotopic (exact) mass is 237 g/mol. The summed E-state index contributed by atoms with van der Waals surface area (Å²) in [5.74, 6) is 0.772. The number of amides is 2. The Kier molecular flexibility index (Phi) is 3.63. The van der Waals surface area contributed by atoms with Crippen LogP contribution in [0.5, 0.6) is 0 Å². The number of carbonyl (C=O) groups is 1. The summed E-state index contributed by atoms with van der Waals surface area (Å²) in [6, 6.07) is 2.13. The van der Waals surface area contributed by atoms with Gasteiger partial charge in [0.15, 0.2) is 0 Å². The summed E-state index contributed by atoms with van der Waals surface area (Å²) in [4.78, 5) is 13.7. The third-order valence-corrected chi connectivity index (χ3v) is 3.06. The molecule has 0 unspecified atom stereocenters. The Morgan fingerprint density at radius 2 is 2.29 bits per heavy atom. The summed E-state index contributed by atoms with van der Waals surface area (Å²) in [6.45, 7) is 7.18. The van der Waals surface area contributed by atoms with E-state index in [0.717, 1.165) is 18.9 Å². The van der Waals surface area contributed by atoms with Gasteiger partial charge in [-0.25, -0.2) is 9.48 Å². The zero-order valence-electron chi connectivity index (χ0n) is 10.3. The van der Waals surface area contributed by atoms with E-state index in [1.54, 1.807) is 11.1 Å². The number of carbonyl (C=O) groups excluding carboxylic acids is 1. The number of aromatic nitrogens is 2. The van der Waals surface area contributed by atoms with Gasteiger partial charge in [0.25, 0.3) is 0 Å². The van der Waals surface area contributed by atoms with Crippen molar-refractivity contribution in [3.05, 3.63) is 12.3 Å². The van der Waals surface area contributed by atoms with E-state index in [9.17, 15) is 4.79 Å². The summed E-state index contributed by atoms with van der Waals surface area (Å²) >= 11 is 0. The molecule has 6 heteroatoms. The van der Waals surface area contributed by atoms with Gasteiger partial charge in [-0.05, 0) is 13.8 Å². The lowest BCUT2D eigenvalue weighted by molar-refractivity contribution is 0.216. The van der Waals surface area contributed by atoms with E-state index in [0.29, 0.717) is 19.1 Å². The van der Waals surface area contributed by atoms with Crippen molar-refractivity contribution in [2.24, 2.45) is 0 Å². The molecule has 1 aromatic heterocycles. The Morgan fingerprint density at radius 3 is 2.82 bits per heavy atom. The quantitative estimate of drug-likeness (QED) is 0.818. The standard InChI is InChI=1S/C11H19N5O/c1-3-15(4-2)11(17)14-10-5-6-13-16(10)9-7-12-8-9/h5-6,9,12H,3-4,7-8H2,1-2H3,(H,14,17). The summed E-state index contributed by atoms with van der Waals surface area (Å²) in [7, 11) is 0. The Bertz CT molecular complexity index is 381. The number of hydrogen-bond donors (Lipinski definition) is 2. The van der Waals surface area contributed by atoms with Crippen LogP contribution in [0.4, 0.5) is 10.6 Å². The normalized spacial score (nSPS) is 15.4. The predicted octanol–water partition coefficient (Wildman–Crippen LogP) is 0.901. The fourth-order valence-corrected chi connectivity index (χ4v) is 1.85. The topological polar surface area (TPSA) is 62.2 Å². The molecule has 2 N–H and O–H groups in total. The fourth-order valence-electron chi connectivity index (χ4n) is 1.85. The SMILES string of the molecule is CCN(CC)C(=O)Nc1ccnn1C1CNC1. The smallest absolute Gasteiger partial charge is 0.322 e. The lowest BCUT2D eigenvalue weighted by atomic mass is 10.2. The van der Waals surface area contributed by atoms with Crippen molar-refractivity contribution in [2.75, 3.05) is 31.5 Å². The number of nitrogens with zero attached hydrogens (tertiary/aromatic N) is 3. The second-order valence-electron chi connectivity index (χ2n) is 4.08. The van der Waals surface area contributed by atoms with E-state index in [2.05, 4.69) is 15.7 Å². The highest BCUT2D eigenvalue weighted by Gasteiger charge is 2.22. The number of anilines is 1. The zero-order chi connectivity index (χ0) is 12.3. The molecule has 0 aliphatic carbocycles. The Labute approximate surface area is 101 Å². The lowest BCUT2D eigenvalue weighted by Gasteiger charge is -2.29. The molecule has 0 aromatic carbocycles. The van der Waals surface area contributed by atoms with E-state index in [-0.39, 0.29) is 6.03 Å². The van der Waals surface area contributed by atoms with Crippen LogP contribution in [0.25, 0.3) is 0 Å². The molecule has 0 radical (unpaired) electrons. The highest BCUT2D eigenvalue weighted by molar-refractivity contribution is 5.88. The predicted molar refractivity (Wildman–Crippen MR) is 66.1 cm³/mol. The van der Waals surface area contributed by atoms with Gasteiger partial charge in [0.2, 0.25) is 0 Å². The molecule has 0 bridgehead atoms. The van der Waals surface area contributed by atoms with E-state index in [1.807, 2.05) is 24.6 Å². The van der Waals surface area contributed by atoms with Crippen LogP contribution in [0.3, 0.4) is 0 Å². The van der Waals surface area contributed by atoms with Crippen LogP contribution in [-0.2, 0) is 0 Å². The molecule has 0 atom stereocenters. The number of urea groups is 1. The first-order chi connectivity index (χ1) is 8.26. The second kappa shape index (κ2) is 5.18. The fraction of sp³-hybridized carbons (Fsp3) is 0.636. The number of rotatable bonds is 4. The first-order valence-corrected chi connectivity index (χ1v) is 6.06. The molecule has 94 valence electrons. The van der Waals surface area contributed by atoms with Crippen molar-refractivity contribution < 1.29 is 4.79 Å². The number of nitrogens with one attached hydrogen (secondary N) is 2. The van der Waals surface area contributed by atoms with Crippen LogP contribution < -0.4 is 10.6 Å². The molecule has 1 saturated heterocycles. The number of hydrogen-bond acceptors (Lipinski definition) is 3. The molecule has 0 saturated carbocycles. The van der Waals surface area contributed by atoms with Crippen molar-refractivity contribution >= 4 is 11.8 Å². The minimum Gasteiger partial charge on any atom is -0.325 e. The van der Waals surface area contributed by atoms with Crippen molar-refractivity contribution in [1.82, 2.24) is 20.0 Å². The molecule has 1 aliphatic heterocycles. The molecule has 6 nitrogen and oxygen atoms in total. The van der Waals surface area contributed by atoms with Gasteiger partial charge >= 0.3 is 6.03 Å². The molecule has 2 heterocycles. The first kappa shape index (κ1) is 11.9. The van der Waals surface area contributed by atoms with Crippen LogP contribution in [-0.4, -0.2) is 46.9 Å². The minimum atomic E-state index is -0.0657. The van der Waals surface area contributed by atoms with E-state index < -0.39 is 0 Å². The molecule has 1 fully saturated rings. The van der Waals surface area contributed by atoms with Crippen molar-refractivity contribution in [3.8, 4) is 0 Å². The second-order valence-corrected chi connectivity index (χ2v) is 4.08. The van der Waals surface area contributed by atoms with Gasteiger partial charge < -0.3 is 10.2 Å². The van der Waals surface area contributed by atoms with Gasteiger partial charge in [0.05, 0.1) is 12.2 Å². The molecule has 1 aliphatic rings. The van der Waals surface area contributed by atoms with Crippen LogP contribution in [0.1, 0.15) is 19.9 Å². The molecule has 0 spiro atoms. The van der Waals surface area contributed by atoms with Gasteiger partial charge in [-0.2, -0.15) is 5.10 Å². The van der Waals surface area contributed by atoms with E-state index in [4.69, 9.17) is 0 Å². The summed E-state index contributed by atoms with van der Waals surface area (Å²) < 4.78 is 1.87. The maximum Gasteiger partial charge on any atom is 0.322 e. The largest absolute Gasteiger partial charge is 0.325 e. The molecule has 2 amide bonds. The van der Waals surface area contributed by atoms with Crippen LogP contribution in [0.2, 0.25) is 0 Å². The van der Waals surface area contributed by atoms with Crippen molar-refractivity contribution in [1.29, 1.82) is 0 Å². The highest BCUT2D eigenvalue weighted by Crippen LogP contribution is 2.17. The average molecular weight is 237 g/mol. The minimum absolute atomic E-state index is 0.0657. The zero-order valence-corrected chi connectivity index (χ0v) is 10.3. The Morgan fingerprint density at radius 1 is 1.59 bits per heavy atom. The maximum absolute atomic E-state index is 11.9. The molecule has 2 rings (SSSR count). The van der Waals surface area contributed by atoms with Gasteiger partial charge in [-0.1, -0.05) is 0 Å². The van der Waals surface area contributed by atoms with Gasteiger partial charge in [-0.15, -0.1) is 0 Å². The summed E-state index contributed by atoms with van der Waals surface area (Å²) in [6.07, 6.45) is 1.72. The third-order valence-electron chi connectivity index (χ3n) is 3.06. The van der Waals surface area contributed by atoms with E-state index >= 15 is 0 Å². The van der Waals surface area contributed by atoms with Gasteiger partial charge in [0.1, 0.15) is 5.82 Å². The first-order valence-electron chi connectivity index (χ1n) is 6.06. The molecular formula is C11H19N5O.